The summed E-state index contributed by atoms with van der Waals surface area (Å²) >= 11 is 0. The van der Waals surface area contributed by atoms with E-state index in [1.54, 1.807) is 0 Å². The zero-order valence-electron chi connectivity index (χ0n) is 8.77. The number of nitro benzene ring substituents is 1. The van der Waals surface area contributed by atoms with Crippen LogP contribution >= 0.6 is 0 Å². The number of ether oxygens (including phenoxy) is 1. The first-order valence-electron chi connectivity index (χ1n) is 4.83. The van der Waals surface area contributed by atoms with E-state index in [2.05, 4.69) is 0 Å². The maximum absolute atomic E-state index is 11.7. The largest absolute Gasteiger partial charge is 0.362 e. The Morgan fingerprint density at radius 3 is 2.47 bits per heavy atom. The molecule has 1 fully saturated rings. The highest BCUT2D eigenvalue weighted by Crippen LogP contribution is 2.23. The third-order valence-corrected chi connectivity index (χ3v) is 3.88. The summed E-state index contributed by atoms with van der Waals surface area (Å²) in [6.45, 7) is 0.538. The molecule has 0 aromatic heterocycles. The van der Waals surface area contributed by atoms with Crippen LogP contribution < -0.4 is 4.31 Å². The van der Waals surface area contributed by atoms with Gasteiger partial charge in [-0.1, -0.05) is 0 Å². The normalized spacial score (nSPS) is 18.9. The summed E-state index contributed by atoms with van der Waals surface area (Å²) in [6, 6.07) is 5.39. The fourth-order valence-electron chi connectivity index (χ4n) is 1.54. The van der Waals surface area contributed by atoms with Gasteiger partial charge >= 0.3 is 0 Å². The molecule has 7 nitrogen and oxygen atoms in total. The van der Waals surface area contributed by atoms with Crippen LogP contribution in [0, 0.1) is 10.1 Å². The van der Waals surface area contributed by atoms with E-state index in [-0.39, 0.29) is 18.2 Å². The number of rotatable bonds is 2. The second-order valence-electron chi connectivity index (χ2n) is 3.48. The van der Waals surface area contributed by atoms with Gasteiger partial charge in [-0.05, 0) is 12.1 Å². The standard InChI is InChI=1S/C9H10N2O5S/c12-11(13)9-3-1-8(2-4-9)10-5-6-16-7-17(10,14)15/h1-4H,5-7H2. The van der Waals surface area contributed by atoms with Gasteiger partial charge in [0, 0.05) is 12.1 Å². The molecule has 1 heterocycles. The summed E-state index contributed by atoms with van der Waals surface area (Å²) in [6.07, 6.45) is 0. The van der Waals surface area contributed by atoms with Crippen LogP contribution in [0.15, 0.2) is 24.3 Å². The van der Waals surface area contributed by atoms with Crippen molar-refractivity contribution in [1.82, 2.24) is 0 Å². The molecule has 0 N–H and O–H groups in total. The molecule has 8 heteroatoms. The maximum Gasteiger partial charge on any atom is 0.269 e. The Hall–Kier alpha value is -1.67. The fraction of sp³-hybridized carbons (Fsp3) is 0.333. The summed E-state index contributed by atoms with van der Waals surface area (Å²) in [5, 5.41) is 10.5. The predicted molar refractivity (Wildman–Crippen MR) is 60.2 cm³/mol. The van der Waals surface area contributed by atoms with E-state index in [1.165, 1.54) is 28.6 Å². The zero-order chi connectivity index (χ0) is 12.5. The van der Waals surface area contributed by atoms with Crippen molar-refractivity contribution >= 4 is 21.4 Å². The smallest absolute Gasteiger partial charge is 0.269 e. The SMILES string of the molecule is O=[N+]([O-])c1ccc(N2CCOCS2(=O)=O)cc1. The van der Waals surface area contributed by atoms with Crippen molar-refractivity contribution in [2.45, 2.75) is 0 Å². The van der Waals surface area contributed by atoms with Crippen molar-refractivity contribution in [2.75, 3.05) is 23.4 Å². The molecule has 0 bridgehead atoms. The van der Waals surface area contributed by atoms with E-state index < -0.39 is 14.9 Å². The van der Waals surface area contributed by atoms with Gasteiger partial charge in [-0.2, -0.15) is 0 Å². The quantitative estimate of drug-likeness (QED) is 0.576. The van der Waals surface area contributed by atoms with Gasteiger partial charge in [-0.15, -0.1) is 0 Å². The predicted octanol–water partition coefficient (Wildman–Crippen LogP) is 0.719. The second-order valence-corrected chi connectivity index (χ2v) is 5.32. The van der Waals surface area contributed by atoms with Gasteiger partial charge in [0.1, 0.15) is 0 Å². The Morgan fingerprint density at radius 1 is 1.29 bits per heavy atom. The average molecular weight is 258 g/mol. The number of benzene rings is 1. The highest BCUT2D eigenvalue weighted by molar-refractivity contribution is 7.92. The number of sulfonamides is 1. The summed E-state index contributed by atoms with van der Waals surface area (Å²) in [5.41, 5.74) is 0.346. The minimum Gasteiger partial charge on any atom is -0.362 e. The molecule has 1 aliphatic rings. The first kappa shape index (κ1) is 11.8. The van der Waals surface area contributed by atoms with E-state index >= 15 is 0 Å². The Morgan fingerprint density at radius 2 is 1.94 bits per heavy atom. The van der Waals surface area contributed by atoms with Crippen molar-refractivity contribution in [1.29, 1.82) is 0 Å². The third kappa shape index (κ3) is 2.37. The van der Waals surface area contributed by atoms with Crippen molar-refractivity contribution < 1.29 is 18.1 Å². The van der Waals surface area contributed by atoms with E-state index in [0.29, 0.717) is 12.3 Å². The number of nitrogens with zero attached hydrogens (tertiary/aromatic N) is 2. The Balaban J connectivity index is 2.30. The Kier molecular flexibility index (Phi) is 2.99. The lowest BCUT2D eigenvalue weighted by Crippen LogP contribution is -2.41. The first-order chi connectivity index (χ1) is 8.00. The number of nitro groups is 1. The van der Waals surface area contributed by atoms with Crippen LogP contribution in [0.5, 0.6) is 0 Å². The molecule has 17 heavy (non-hydrogen) atoms. The van der Waals surface area contributed by atoms with Crippen LogP contribution in [0.25, 0.3) is 0 Å². The van der Waals surface area contributed by atoms with Gasteiger partial charge in [-0.25, -0.2) is 8.42 Å². The molecule has 0 saturated carbocycles. The van der Waals surface area contributed by atoms with Crippen LogP contribution in [-0.2, 0) is 14.8 Å². The molecule has 1 aliphatic heterocycles. The first-order valence-corrected chi connectivity index (χ1v) is 6.44. The Labute approximate surface area is 97.8 Å². The molecule has 0 amide bonds. The number of hydrogen-bond donors (Lipinski definition) is 0. The van der Waals surface area contributed by atoms with Gasteiger partial charge in [0.2, 0.25) is 0 Å². The van der Waals surface area contributed by atoms with Crippen LogP contribution in [0.4, 0.5) is 11.4 Å². The molecule has 1 saturated heterocycles. The average Bonchev–Trinajstić information content (AvgIpc) is 2.28. The lowest BCUT2D eigenvalue weighted by atomic mass is 10.3. The number of anilines is 1. The van der Waals surface area contributed by atoms with E-state index in [0.717, 1.165) is 0 Å². The highest BCUT2D eigenvalue weighted by Gasteiger charge is 2.26. The zero-order valence-corrected chi connectivity index (χ0v) is 9.59. The van der Waals surface area contributed by atoms with Crippen molar-refractivity contribution in [3.63, 3.8) is 0 Å². The van der Waals surface area contributed by atoms with Gasteiger partial charge in [0.05, 0.1) is 23.8 Å². The molecular formula is C9H10N2O5S. The minimum absolute atomic E-state index is 0.0700. The van der Waals surface area contributed by atoms with Crippen LogP contribution in [-0.4, -0.2) is 32.4 Å². The molecule has 0 aliphatic carbocycles. The van der Waals surface area contributed by atoms with E-state index in [9.17, 15) is 18.5 Å². The molecular weight excluding hydrogens is 248 g/mol. The summed E-state index contributed by atoms with van der Waals surface area (Å²) in [5.74, 6) is -0.357. The van der Waals surface area contributed by atoms with E-state index in [1.807, 2.05) is 0 Å². The molecule has 92 valence electrons. The highest BCUT2D eigenvalue weighted by atomic mass is 32.2. The molecule has 1 aromatic carbocycles. The second kappa shape index (κ2) is 4.30. The van der Waals surface area contributed by atoms with Crippen molar-refractivity contribution in [3.05, 3.63) is 34.4 Å². The van der Waals surface area contributed by atoms with Crippen molar-refractivity contribution in [3.8, 4) is 0 Å². The molecule has 0 radical (unpaired) electrons. The van der Waals surface area contributed by atoms with Crippen LogP contribution in [0.2, 0.25) is 0 Å². The molecule has 0 unspecified atom stereocenters. The molecule has 0 atom stereocenters. The van der Waals surface area contributed by atoms with Gasteiger partial charge in [0.25, 0.3) is 15.7 Å². The van der Waals surface area contributed by atoms with Gasteiger partial charge in [-0.3, -0.25) is 14.4 Å². The van der Waals surface area contributed by atoms with Crippen LogP contribution in [0.1, 0.15) is 0 Å². The van der Waals surface area contributed by atoms with Crippen molar-refractivity contribution in [2.24, 2.45) is 0 Å². The lowest BCUT2D eigenvalue weighted by molar-refractivity contribution is -0.384. The van der Waals surface area contributed by atoms with Crippen LogP contribution in [0.3, 0.4) is 0 Å². The summed E-state index contributed by atoms with van der Waals surface area (Å²) < 4.78 is 29.4. The lowest BCUT2D eigenvalue weighted by Gasteiger charge is -2.28. The maximum atomic E-state index is 11.7. The van der Waals surface area contributed by atoms with Gasteiger partial charge < -0.3 is 4.74 Å². The minimum atomic E-state index is -3.47. The third-order valence-electron chi connectivity index (χ3n) is 2.36. The summed E-state index contributed by atoms with van der Waals surface area (Å²) in [4.78, 5) is 9.94. The van der Waals surface area contributed by atoms with Gasteiger partial charge in [0.15, 0.2) is 5.94 Å². The number of non-ortho nitro benzene ring substituents is 1. The molecule has 1 aromatic rings. The monoisotopic (exact) mass is 258 g/mol. The molecule has 0 spiro atoms. The fourth-order valence-corrected chi connectivity index (χ4v) is 2.80. The van der Waals surface area contributed by atoms with E-state index in [4.69, 9.17) is 4.74 Å². The topological polar surface area (TPSA) is 89.8 Å². The molecule has 2 rings (SSSR count). The Bertz CT molecular complexity index is 525. The summed E-state index contributed by atoms with van der Waals surface area (Å²) in [7, 11) is -3.47. The number of hydrogen-bond acceptors (Lipinski definition) is 5.